The Hall–Kier alpha value is -3.28. The van der Waals surface area contributed by atoms with Gasteiger partial charge in [-0.15, -0.1) is 0 Å². The largest absolute Gasteiger partial charge is 0.487 e. The molecule has 0 fully saturated rings. The predicted octanol–water partition coefficient (Wildman–Crippen LogP) is 4.07. The third-order valence-corrected chi connectivity index (χ3v) is 4.71. The van der Waals surface area contributed by atoms with Crippen LogP contribution in [-0.2, 0) is 6.42 Å². The van der Waals surface area contributed by atoms with Crippen molar-refractivity contribution < 1.29 is 18.3 Å². The van der Waals surface area contributed by atoms with Crippen LogP contribution in [0.1, 0.15) is 21.5 Å². The highest BCUT2D eigenvalue weighted by molar-refractivity contribution is 5.94. The van der Waals surface area contributed by atoms with Crippen molar-refractivity contribution in [3.8, 4) is 17.0 Å². The molecule has 3 aromatic rings. The summed E-state index contributed by atoms with van der Waals surface area (Å²) >= 11 is 0. The maximum Gasteiger partial charge on any atom is 0.251 e. The number of benzene rings is 2. The Morgan fingerprint density at radius 1 is 1.18 bits per heavy atom. The number of hydrogen-bond acceptors (Lipinski definition) is 3. The molecule has 2 aromatic carbocycles. The quantitative estimate of drug-likeness (QED) is 0.742. The molecule has 0 radical (unpaired) electrons. The van der Waals surface area contributed by atoms with Crippen LogP contribution in [0, 0.1) is 18.6 Å². The molecule has 1 atom stereocenters. The van der Waals surface area contributed by atoms with Gasteiger partial charge in [0.1, 0.15) is 23.5 Å². The van der Waals surface area contributed by atoms with E-state index >= 15 is 0 Å². The fourth-order valence-electron chi connectivity index (χ4n) is 3.40. The minimum absolute atomic E-state index is 0.0576. The van der Waals surface area contributed by atoms with E-state index in [1.807, 2.05) is 37.3 Å². The second-order valence-corrected chi connectivity index (χ2v) is 6.77. The number of nitrogens with zero attached hydrogens (tertiary/aromatic N) is 1. The van der Waals surface area contributed by atoms with E-state index in [0.717, 1.165) is 46.3 Å². The molecule has 0 saturated carbocycles. The molecule has 1 aromatic heterocycles. The van der Waals surface area contributed by atoms with Crippen LogP contribution in [0.4, 0.5) is 8.78 Å². The number of carbonyl (C=O) groups excluding carboxylic acids is 1. The first-order valence-electron chi connectivity index (χ1n) is 8.96. The highest BCUT2D eigenvalue weighted by atomic mass is 19.1. The molecule has 0 aliphatic carbocycles. The number of fused-ring (bicyclic) bond motifs is 1. The highest BCUT2D eigenvalue weighted by Gasteiger charge is 2.27. The summed E-state index contributed by atoms with van der Waals surface area (Å²) in [5, 5.41) is 2.69. The van der Waals surface area contributed by atoms with Gasteiger partial charge in [0.25, 0.3) is 5.91 Å². The van der Waals surface area contributed by atoms with E-state index < -0.39 is 17.5 Å². The maximum atomic E-state index is 13.3. The number of carbonyl (C=O) groups is 1. The lowest BCUT2D eigenvalue weighted by Crippen LogP contribution is -2.34. The normalized spacial score (nSPS) is 15.0. The van der Waals surface area contributed by atoms with Crippen molar-refractivity contribution in [3.63, 3.8) is 0 Å². The van der Waals surface area contributed by atoms with Gasteiger partial charge in [0.15, 0.2) is 0 Å². The molecule has 4 rings (SSSR count). The van der Waals surface area contributed by atoms with Gasteiger partial charge in [0.05, 0.1) is 12.2 Å². The summed E-state index contributed by atoms with van der Waals surface area (Å²) in [6, 6.07) is 12.5. The molecule has 0 spiro atoms. The van der Waals surface area contributed by atoms with Gasteiger partial charge >= 0.3 is 0 Å². The number of hydrogen-bond donors (Lipinski definition) is 1. The summed E-state index contributed by atoms with van der Waals surface area (Å²) in [5.41, 5.74) is 3.80. The van der Waals surface area contributed by atoms with Crippen molar-refractivity contribution in [1.29, 1.82) is 0 Å². The lowest BCUT2D eigenvalue weighted by atomic mass is 10.0. The van der Waals surface area contributed by atoms with E-state index in [1.165, 1.54) is 0 Å². The first-order chi connectivity index (χ1) is 13.5. The fraction of sp³-hybridized carbons (Fsp3) is 0.182. The molecular weight excluding hydrogens is 362 g/mol. The van der Waals surface area contributed by atoms with Gasteiger partial charge in [0, 0.05) is 29.8 Å². The van der Waals surface area contributed by atoms with Crippen molar-refractivity contribution >= 4 is 5.91 Å². The van der Waals surface area contributed by atoms with Gasteiger partial charge in [-0.25, -0.2) is 8.78 Å². The van der Waals surface area contributed by atoms with E-state index in [9.17, 15) is 13.6 Å². The molecule has 6 heteroatoms. The molecule has 1 N–H and O–H groups in total. The minimum Gasteiger partial charge on any atom is -0.487 e. The van der Waals surface area contributed by atoms with Gasteiger partial charge in [0.2, 0.25) is 0 Å². The summed E-state index contributed by atoms with van der Waals surface area (Å²) in [4.78, 5) is 16.7. The van der Waals surface area contributed by atoms with E-state index in [-0.39, 0.29) is 18.2 Å². The van der Waals surface area contributed by atoms with Gasteiger partial charge in [-0.1, -0.05) is 18.2 Å². The second-order valence-electron chi connectivity index (χ2n) is 6.77. The van der Waals surface area contributed by atoms with Crippen LogP contribution in [0.25, 0.3) is 11.3 Å². The SMILES string of the molecule is Cc1cccnc1-c1cccc2c1O[C@@H](CNC(=O)c1cc(F)cc(F)c1)C2. The van der Waals surface area contributed by atoms with Gasteiger partial charge in [-0.2, -0.15) is 0 Å². The number of pyridine rings is 1. The molecule has 142 valence electrons. The Labute approximate surface area is 161 Å². The average Bonchev–Trinajstić information content (AvgIpc) is 3.09. The Kier molecular flexibility index (Phi) is 4.77. The number of aromatic nitrogens is 1. The minimum atomic E-state index is -0.787. The first-order valence-corrected chi connectivity index (χ1v) is 8.96. The van der Waals surface area contributed by atoms with E-state index in [4.69, 9.17) is 4.74 Å². The maximum absolute atomic E-state index is 13.3. The van der Waals surface area contributed by atoms with Crippen LogP contribution in [0.15, 0.2) is 54.7 Å². The van der Waals surface area contributed by atoms with E-state index in [2.05, 4.69) is 10.3 Å². The number of nitrogens with one attached hydrogen (secondary N) is 1. The lowest BCUT2D eigenvalue weighted by molar-refractivity contribution is 0.0932. The highest BCUT2D eigenvalue weighted by Crippen LogP contribution is 2.38. The van der Waals surface area contributed by atoms with Gasteiger partial charge in [-0.3, -0.25) is 9.78 Å². The van der Waals surface area contributed by atoms with E-state index in [1.54, 1.807) is 6.20 Å². The summed E-state index contributed by atoms with van der Waals surface area (Å²) in [6.45, 7) is 2.22. The number of ether oxygens (including phenoxy) is 1. The van der Waals surface area contributed by atoms with Crippen LogP contribution in [0.2, 0.25) is 0 Å². The Morgan fingerprint density at radius 3 is 2.71 bits per heavy atom. The summed E-state index contributed by atoms with van der Waals surface area (Å²) < 4.78 is 32.7. The summed E-state index contributed by atoms with van der Waals surface area (Å²) in [5.74, 6) is -1.35. The molecule has 1 aliphatic rings. The Bertz CT molecular complexity index is 1030. The van der Waals surface area contributed by atoms with Crippen molar-refractivity contribution in [2.45, 2.75) is 19.4 Å². The lowest BCUT2D eigenvalue weighted by Gasteiger charge is -2.14. The zero-order valence-corrected chi connectivity index (χ0v) is 15.2. The van der Waals surface area contributed by atoms with E-state index in [0.29, 0.717) is 6.42 Å². The van der Waals surface area contributed by atoms with Crippen LogP contribution >= 0.6 is 0 Å². The van der Waals surface area contributed by atoms with Crippen LogP contribution in [0.5, 0.6) is 5.75 Å². The molecule has 1 aliphatic heterocycles. The smallest absolute Gasteiger partial charge is 0.251 e. The van der Waals surface area contributed by atoms with Crippen molar-refractivity contribution in [2.24, 2.45) is 0 Å². The van der Waals surface area contributed by atoms with Gasteiger partial charge < -0.3 is 10.1 Å². The molecule has 2 heterocycles. The zero-order chi connectivity index (χ0) is 19.7. The number of para-hydroxylation sites is 1. The third-order valence-electron chi connectivity index (χ3n) is 4.71. The number of aryl methyl sites for hydroxylation is 1. The third kappa shape index (κ3) is 3.58. The molecule has 28 heavy (non-hydrogen) atoms. The number of rotatable bonds is 4. The fourth-order valence-corrected chi connectivity index (χ4v) is 3.40. The second kappa shape index (κ2) is 7.38. The van der Waals surface area contributed by atoms with Crippen molar-refractivity contribution in [2.75, 3.05) is 6.54 Å². The Morgan fingerprint density at radius 2 is 1.96 bits per heavy atom. The van der Waals surface area contributed by atoms with Crippen LogP contribution in [-0.4, -0.2) is 23.5 Å². The first kappa shape index (κ1) is 18.1. The van der Waals surface area contributed by atoms with Crippen LogP contribution < -0.4 is 10.1 Å². The van der Waals surface area contributed by atoms with Crippen molar-refractivity contribution in [1.82, 2.24) is 10.3 Å². The molecular formula is C22H18F2N2O2. The predicted molar refractivity (Wildman–Crippen MR) is 101 cm³/mol. The molecule has 4 nitrogen and oxygen atoms in total. The zero-order valence-electron chi connectivity index (χ0n) is 15.2. The van der Waals surface area contributed by atoms with Gasteiger partial charge in [-0.05, 0) is 42.3 Å². The average molecular weight is 380 g/mol. The number of amides is 1. The Balaban J connectivity index is 1.48. The molecule has 0 unspecified atom stereocenters. The molecule has 1 amide bonds. The topological polar surface area (TPSA) is 51.2 Å². The molecule has 0 bridgehead atoms. The van der Waals surface area contributed by atoms with Crippen molar-refractivity contribution in [3.05, 3.63) is 83.1 Å². The standard InChI is InChI=1S/C22H18F2N2O2/c1-13-4-3-7-25-20(13)19-6-2-5-14-10-18(28-21(14)19)12-26-22(27)15-8-16(23)11-17(24)9-15/h2-9,11,18H,10,12H2,1H3,(H,26,27)/t18-/m1/s1. The number of halogens is 2. The summed E-state index contributed by atoms with van der Waals surface area (Å²) in [7, 11) is 0. The summed E-state index contributed by atoms with van der Waals surface area (Å²) in [6.07, 6.45) is 2.11. The van der Waals surface area contributed by atoms with Crippen LogP contribution in [0.3, 0.4) is 0 Å². The molecule has 0 saturated heterocycles. The monoisotopic (exact) mass is 380 g/mol.